The zero-order valence-electron chi connectivity index (χ0n) is 13.6. The molecule has 1 saturated heterocycles. The van der Waals surface area contributed by atoms with Gasteiger partial charge in [0, 0.05) is 50.0 Å². The number of aromatic nitrogens is 2. The Morgan fingerprint density at radius 3 is 2.76 bits per heavy atom. The van der Waals surface area contributed by atoms with Crippen LogP contribution < -0.4 is 5.32 Å². The van der Waals surface area contributed by atoms with Crippen molar-refractivity contribution in [1.82, 2.24) is 15.1 Å². The van der Waals surface area contributed by atoms with Crippen LogP contribution in [0, 0.1) is 5.41 Å². The lowest BCUT2D eigenvalue weighted by Gasteiger charge is -2.27. The highest BCUT2D eigenvalue weighted by Crippen LogP contribution is 2.31. The highest BCUT2D eigenvalue weighted by molar-refractivity contribution is 5.26. The van der Waals surface area contributed by atoms with E-state index in [2.05, 4.69) is 24.3 Å². The second-order valence-corrected chi connectivity index (χ2v) is 6.08. The molecule has 0 spiro atoms. The Kier molecular flexibility index (Phi) is 5.79. The lowest BCUT2D eigenvalue weighted by atomic mass is 9.84. The number of aryl methyl sites for hydroxylation is 2. The molecule has 1 aromatic heterocycles. The minimum atomic E-state index is 0.107. The maximum atomic E-state index is 9.28. The van der Waals surface area contributed by atoms with Gasteiger partial charge in [0.05, 0.1) is 12.3 Å². The highest BCUT2D eigenvalue weighted by atomic mass is 16.5. The van der Waals surface area contributed by atoms with Crippen LogP contribution in [-0.4, -0.2) is 41.3 Å². The second-order valence-electron chi connectivity index (χ2n) is 6.08. The van der Waals surface area contributed by atoms with Gasteiger partial charge in [-0.2, -0.15) is 5.10 Å². The average molecular weight is 295 g/mol. The summed E-state index contributed by atoms with van der Waals surface area (Å²) in [5, 5.41) is 17.5. The van der Waals surface area contributed by atoms with E-state index < -0.39 is 0 Å². The van der Waals surface area contributed by atoms with Gasteiger partial charge >= 0.3 is 0 Å². The summed E-state index contributed by atoms with van der Waals surface area (Å²) in [4.78, 5) is 0. The van der Waals surface area contributed by atoms with Crippen LogP contribution in [0.15, 0.2) is 0 Å². The molecule has 120 valence electrons. The van der Waals surface area contributed by atoms with Crippen LogP contribution in [0.25, 0.3) is 0 Å². The molecule has 1 unspecified atom stereocenters. The van der Waals surface area contributed by atoms with Gasteiger partial charge in [0.25, 0.3) is 0 Å². The highest BCUT2D eigenvalue weighted by Gasteiger charge is 2.34. The quantitative estimate of drug-likeness (QED) is 0.761. The number of nitrogens with one attached hydrogen (secondary N) is 1. The van der Waals surface area contributed by atoms with Crippen LogP contribution >= 0.6 is 0 Å². The van der Waals surface area contributed by atoms with E-state index in [-0.39, 0.29) is 12.0 Å². The smallest absolute Gasteiger partial charge is 0.0669 e. The number of aliphatic hydroxyl groups is 1. The Morgan fingerprint density at radius 1 is 1.38 bits per heavy atom. The number of rotatable bonds is 8. The minimum absolute atomic E-state index is 0.107. The second kappa shape index (κ2) is 7.38. The molecule has 2 rings (SSSR count). The van der Waals surface area contributed by atoms with Gasteiger partial charge in [-0.25, -0.2) is 0 Å². The van der Waals surface area contributed by atoms with E-state index in [4.69, 9.17) is 4.74 Å². The molecule has 2 heterocycles. The first-order valence-corrected chi connectivity index (χ1v) is 8.08. The Morgan fingerprint density at radius 2 is 2.19 bits per heavy atom. The summed E-state index contributed by atoms with van der Waals surface area (Å²) in [6.45, 7) is 7.89. The van der Waals surface area contributed by atoms with E-state index in [0.29, 0.717) is 0 Å². The summed E-state index contributed by atoms with van der Waals surface area (Å²) < 4.78 is 7.55. The zero-order chi connectivity index (χ0) is 15.3. The largest absolute Gasteiger partial charge is 0.396 e. The monoisotopic (exact) mass is 295 g/mol. The van der Waals surface area contributed by atoms with Crippen LogP contribution in [0.5, 0.6) is 0 Å². The number of nitrogens with zero attached hydrogens (tertiary/aromatic N) is 2. The van der Waals surface area contributed by atoms with Crippen LogP contribution in [0.3, 0.4) is 0 Å². The van der Waals surface area contributed by atoms with E-state index in [0.717, 1.165) is 52.0 Å². The van der Waals surface area contributed by atoms with Crippen molar-refractivity contribution >= 4 is 0 Å². The lowest BCUT2D eigenvalue weighted by Crippen LogP contribution is -2.35. The number of ether oxygens (including phenoxy) is 1. The number of hydrogen-bond acceptors (Lipinski definition) is 4. The molecule has 1 aromatic rings. The van der Waals surface area contributed by atoms with Crippen molar-refractivity contribution in [2.24, 2.45) is 12.5 Å². The van der Waals surface area contributed by atoms with E-state index >= 15 is 0 Å². The van der Waals surface area contributed by atoms with Crippen LogP contribution in [0.1, 0.15) is 43.6 Å². The fourth-order valence-corrected chi connectivity index (χ4v) is 3.36. The molecule has 0 aromatic carbocycles. The summed E-state index contributed by atoms with van der Waals surface area (Å²) in [5.74, 6) is 0. The van der Waals surface area contributed by atoms with E-state index in [1.165, 1.54) is 17.0 Å². The maximum absolute atomic E-state index is 9.28. The van der Waals surface area contributed by atoms with Crippen molar-refractivity contribution in [3.8, 4) is 0 Å². The fraction of sp³-hybridized carbons (Fsp3) is 0.812. The third kappa shape index (κ3) is 3.65. The van der Waals surface area contributed by atoms with Crippen molar-refractivity contribution < 1.29 is 9.84 Å². The summed E-state index contributed by atoms with van der Waals surface area (Å²) >= 11 is 0. The molecule has 0 amide bonds. The molecular weight excluding hydrogens is 266 g/mol. The molecule has 0 radical (unpaired) electrons. The van der Waals surface area contributed by atoms with Gasteiger partial charge in [-0.3, -0.25) is 4.68 Å². The SMILES string of the molecule is CCc1nn(C)c(CC)c1CNCC1(CCO)CCOC1. The Hall–Kier alpha value is -0.910. The molecule has 21 heavy (non-hydrogen) atoms. The molecule has 1 fully saturated rings. The predicted molar refractivity (Wildman–Crippen MR) is 83.2 cm³/mol. The molecule has 1 aliphatic rings. The normalized spacial score (nSPS) is 22.1. The maximum Gasteiger partial charge on any atom is 0.0669 e. The van der Waals surface area contributed by atoms with Gasteiger partial charge in [0.1, 0.15) is 0 Å². The zero-order valence-corrected chi connectivity index (χ0v) is 13.6. The third-order valence-corrected chi connectivity index (χ3v) is 4.66. The van der Waals surface area contributed by atoms with E-state index in [1.807, 2.05) is 11.7 Å². The fourth-order valence-electron chi connectivity index (χ4n) is 3.36. The molecule has 2 N–H and O–H groups in total. The summed E-state index contributed by atoms with van der Waals surface area (Å²) in [5.41, 5.74) is 3.97. The minimum Gasteiger partial charge on any atom is -0.396 e. The Balaban J connectivity index is 1.99. The van der Waals surface area contributed by atoms with E-state index in [9.17, 15) is 5.11 Å². The average Bonchev–Trinajstić information content (AvgIpc) is 3.04. The first kappa shape index (κ1) is 16.5. The topological polar surface area (TPSA) is 59.3 Å². The van der Waals surface area contributed by atoms with Crippen LogP contribution in [0.4, 0.5) is 0 Å². The Bertz CT molecular complexity index is 451. The van der Waals surface area contributed by atoms with Crippen molar-refractivity contribution in [3.63, 3.8) is 0 Å². The van der Waals surface area contributed by atoms with Gasteiger partial charge in [-0.1, -0.05) is 13.8 Å². The van der Waals surface area contributed by atoms with Crippen molar-refractivity contribution in [3.05, 3.63) is 17.0 Å². The predicted octanol–water partition coefficient (Wildman–Crippen LogP) is 1.42. The van der Waals surface area contributed by atoms with Crippen molar-refractivity contribution in [2.45, 2.75) is 46.1 Å². The molecule has 1 aliphatic heterocycles. The standard InChI is InChI=1S/C16H29N3O2/c1-4-14-13(15(5-2)19(3)18-14)10-17-11-16(6-8-20)7-9-21-12-16/h17,20H,4-12H2,1-3H3. The Labute approximate surface area is 127 Å². The number of aliphatic hydroxyl groups excluding tert-OH is 1. The van der Waals surface area contributed by atoms with Gasteiger partial charge < -0.3 is 15.2 Å². The van der Waals surface area contributed by atoms with Gasteiger partial charge in [-0.05, 0) is 25.7 Å². The van der Waals surface area contributed by atoms with Gasteiger partial charge in [0.2, 0.25) is 0 Å². The molecule has 5 nitrogen and oxygen atoms in total. The summed E-state index contributed by atoms with van der Waals surface area (Å²) in [6.07, 6.45) is 3.82. The third-order valence-electron chi connectivity index (χ3n) is 4.66. The first-order valence-electron chi connectivity index (χ1n) is 8.08. The van der Waals surface area contributed by atoms with Crippen molar-refractivity contribution in [1.29, 1.82) is 0 Å². The van der Waals surface area contributed by atoms with Gasteiger partial charge in [-0.15, -0.1) is 0 Å². The lowest BCUT2D eigenvalue weighted by molar-refractivity contribution is 0.124. The van der Waals surface area contributed by atoms with Gasteiger partial charge in [0.15, 0.2) is 0 Å². The first-order chi connectivity index (χ1) is 10.2. The molecule has 0 bridgehead atoms. The summed E-state index contributed by atoms with van der Waals surface area (Å²) in [6, 6.07) is 0. The molecule has 1 atom stereocenters. The molecule has 0 saturated carbocycles. The molecular formula is C16H29N3O2. The van der Waals surface area contributed by atoms with Crippen LogP contribution in [0.2, 0.25) is 0 Å². The molecule has 5 heteroatoms. The van der Waals surface area contributed by atoms with Crippen molar-refractivity contribution in [2.75, 3.05) is 26.4 Å². The van der Waals surface area contributed by atoms with E-state index in [1.54, 1.807) is 0 Å². The number of hydrogen-bond donors (Lipinski definition) is 2. The summed E-state index contributed by atoms with van der Waals surface area (Å²) in [7, 11) is 2.03. The molecule has 0 aliphatic carbocycles. The van der Waals surface area contributed by atoms with Crippen LogP contribution in [-0.2, 0) is 31.2 Å².